The minimum Gasteiger partial charge on any atom is -0.324 e. The van der Waals surface area contributed by atoms with Crippen LogP contribution < -0.4 is 5.73 Å². The number of rotatable bonds is 2. The molecule has 0 radical (unpaired) electrons. The van der Waals surface area contributed by atoms with Crippen LogP contribution in [0.4, 0.5) is 0 Å². The van der Waals surface area contributed by atoms with Crippen LogP contribution in [0.5, 0.6) is 0 Å². The van der Waals surface area contributed by atoms with Crippen molar-refractivity contribution in [3.63, 3.8) is 0 Å². The summed E-state index contributed by atoms with van der Waals surface area (Å²) in [5.74, 6) is 0. The predicted octanol–water partition coefficient (Wildman–Crippen LogP) is 1.97. The van der Waals surface area contributed by atoms with Crippen molar-refractivity contribution in [1.29, 1.82) is 0 Å². The number of hydrogen-bond donors (Lipinski definition) is 1. The monoisotopic (exact) mass is 191 g/mol. The third kappa shape index (κ3) is 1.60. The fourth-order valence-corrected chi connectivity index (χ4v) is 1.94. The molecule has 2 rings (SSSR count). The van der Waals surface area contributed by atoms with Gasteiger partial charge in [0, 0.05) is 18.3 Å². The van der Waals surface area contributed by atoms with E-state index in [-0.39, 0.29) is 6.04 Å². The predicted molar refractivity (Wildman–Crippen MR) is 57.8 cm³/mol. The van der Waals surface area contributed by atoms with E-state index in [1.807, 2.05) is 6.20 Å². The Morgan fingerprint density at radius 2 is 2.36 bits per heavy atom. The molecule has 3 heteroatoms. The van der Waals surface area contributed by atoms with E-state index in [1.54, 1.807) is 0 Å². The van der Waals surface area contributed by atoms with Gasteiger partial charge in [-0.05, 0) is 38.3 Å². The molecular formula is C11H17N3. The first-order valence-corrected chi connectivity index (χ1v) is 5.18. The lowest BCUT2D eigenvalue weighted by Gasteiger charge is -2.11. The Kier molecular flexibility index (Phi) is 2.42. The largest absolute Gasteiger partial charge is 0.324 e. The minimum atomic E-state index is 0.237. The zero-order valence-corrected chi connectivity index (χ0v) is 8.77. The van der Waals surface area contributed by atoms with Crippen LogP contribution in [0.1, 0.15) is 38.4 Å². The first-order chi connectivity index (χ1) is 6.68. The van der Waals surface area contributed by atoms with Gasteiger partial charge in [-0.25, -0.2) is 0 Å². The summed E-state index contributed by atoms with van der Waals surface area (Å²) < 4.78 is 2.06. The van der Waals surface area contributed by atoms with Gasteiger partial charge in [0.25, 0.3) is 0 Å². The molecule has 0 aliphatic heterocycles. The van der Waals surface area contributed by atoms with Crippen LogP contribution >= 0.6 is 0 Å². The molecule has 0 saturated carbocycles. The smallest absolute Gasteiger partial charge is 0.0642 e. The Labute approximate surface area is 84.6 Å². The molecule has 0 saturated heterocycles. The van der Waals surface area contributed by atoms with Gasteiger partial charge >= 0.3 is 0 Å². The van der Waals surface area contributed by atoms with Crippen molar-refractivity contribution in [2.24, 2.45) is 5.73 Å². The Hall–Kier alpha value is -1.09. The van der Waals surface area contributed by atoms with Crippen LogP contribution in [0.15, 0.2) is 18.3 Å². The maximum absolute atomic E-state index is 5.85. The lowest BCUT2D eigenvalue weighted by atomic mass is 10.1. The molecule has 1 heterocycles. The molecule has 3 nitrogen and oxygen atoms in total. The quantitative estimate of drug-likeness (QED) is 0.776. The second-order valence-electron chi connectivity index (χ2n) is 4.15. The molecule has 0 fully saturated rings. The molecular weight excluding hydrogens is 174 g/mol. The van der Waals surface area contributed by atoms with Crippen LogP contribution in [-0.2, 0) is 0 Å². The first-order valence-electron chi connectivity index (χ1n) is 5.18. The standard InChI is InChI=1S/C11H17N3/c1-8(2)14-11(5-6-13-14)9-3-4-10(12)7-9/h5-8,10H,3-4,12H2,1-2H3. The molecule has 2 N–H and O–H groups in total. The van der Waals surface area contributed by atoms with Gasteiger partial charge in [0.05, 0.1) is 5.69 Å². The van der Waals surface area contributed by atoms with Crippen molar-refractivity contribution < 1.29 is 0 Å². The van der Waals surface area contributed by atoms with E-state index in [0.29, 0.717) is 6.04 Å². The maximum atomic E-state index is 5.85. The van der Waals surface area contributed by atoms with Gasteiger partial charge in [-0.1, -0.05) is 6.08 Å². The van der Waals surface area contributed by atoms with Crippen LogP contribution in [0.2, 0.25) is 0 Å². The maximum Gasteiger partial charge on any atom is 0.0642 e. The third-order valence-corrected chi connectivity index (χ3v) is 2.65. The zero-order chi connectivity index (χ0) is 10.1. The average molecular weight is 191 g/mol. The van der Waals surface area contributed by atoms with Gasteiger partial charge in [-0.2, -0.15) is 5.10 Å². The molecule has 1 aliphatic carbocycles. The second-order valence-corrected chi connectivity index (χ2v) is 4.15. The van der Waals surface area contributed by atoms with E-state index in [9.17, 15) is 0 Å². The number of nitrogens with zero attached hydrogens (tertiary/aromatic N) is 2. The van der Waals surface area contributed by atoms with Crippen LogP contribution in [0, 0.1) is 0 Å². The molecule has 0 spiro atoms. The van der Waals surface area contributed by atoms with Crippen molar-refractivity contribution in [2.75, 3.05) is 0 Å². The van der Waals surface area contributed by atoms with Gasteiger partial charge in [0.15, 0.2) is 0 Å². The van der Waals surface area contributed by atoms with E-state index in [1.165, 1.54) is 11.3 Å². The van der Waals surface area contributed by atoms with Crippen molar-refractivity contribution in [2.45, 2.75) is 38.8 Å². The summed E-state index contributed by atoms with van der Waals surface area (Å²) in [5.41, 5.74) is 8.43. The summed E-state index contributed by atoms with van der Waals surface area (Å²) in [4.78, 5) is 0. The lowest BCUT2D eigenvalue weighted by molar-refractivity contribution is 0.526. The fourth-order valence-electron chi connectivity index (χ4n) is 1.94. The highest BCUT2D eigenvalue weighted by Crippen LogP contribution is 2.28. The third-order valence-electron chi connectivity index (χ3n) is 2.65. The van der Waals surface area contributed by atoms with Crippen molar-refractivity contribution >= 4 is 5.57 Å². The summed E-state index contributed by atoms with van der Waals surface area (Å²) in [7, 11) is 0. The van der Waals surface area contributed by atoms with E-state index >= 15 is 0 Å². The molecule has 1 unspecified atom stereocenters. The summed E-state index contributed by atoms with van der Waals surface area (Å²) in [6.07, 6.45) is 6.17. The molecule has 1 aliphatic rings. The van der Waals surface area contributed by atoms with Gasteiger partial charge in [0.2, 0.25) is 0 Å². The highest BCUT2D eigenvalue weighted by atomic mass is 15.3. The van der Waals surface area contributed by atoms with Crippen LogP contribution in [-0.4, -0.2) is 15.8 Å². The summed E-state index contributed by atoms with van der Waals surface area (Å²) in [6, 6.07) is 2.72. The van der Waals surface area contributed by atoms with Crippen molar-refractivity contribution in [3.8, 4) is 0 Å². The molecule has 1 aromatic heterocycles. The zero-order valence-electron chi connectivity index (χ0n) is 8.77. The summed E-state index contributed by atoms with van der Waals surface area (Å²) in [6.45, 7) is 4.29. The van der Waals surface area contributed by atoms with Crippen molar-refractivity contribution in [3.05, 3.63) is 24.0 Å². The Balaban J connectivity index is 2.32. The number of nitrogens with two attached hydrogens (primary N) is 1. The van der Waals surface area contributed by atoms with E-state index in [0.717, 1.165) is 12.8 Å². The molecule has 14 heavy (non-hydrogen) atoms. The SMILES string of the molecule is CC(C)n1nccc1C1=CC(N)CC1. The van der Waals surface area contributed by atoms with Gasteiger partial charge < -0.3 is 5.73 Å². The van der Waals surface area contributed by atoms with E-state index in [4.69, 9.17) is 5.73 Å². The van der Waals surface area contributed by atoms with Crippen LogP contribution in [0.25, 0.3) is 5.57 Å². The Bertz CT molecular complexity index is 349. The number of aromatic nitrogens is 2. The summed E-state index contributed by atoms with van der Waals surface area (Å²) in [5, 5.41) is 4.32. The van der Waals surface area contributed by atoms with Crippen LogP contribution in [0.3, 0.4) is 0 Å². The lowest BCUT2D eigenvalue weighted by Crippen LogP contribution is -2.11. The average Bonchev–Trinajstić information content (AvgIpc) is 2.70. The normalized spacial score (nSPS) is 21.7. The topological polar surface area (TPSA) is 43.8 Å². The molecule has 1 atom stereocenters. The highest BCUT2D eigenvalue weighted by molar-refractivity contribution is 5.65. The molecule has 0 bridgehead atoms. The number of hydrogen-bond acceptors (Lipinski definition) is 2. The minimum absolute atomic E-state index is 0.237. The van der Waals surface area contributed by atoms with Gasteiger partial charge in [-0.3, -0.25) is 4.68 Å². The molecule has 76 valence electrons. The van der Waals surface area contributed by atoms with Crippen molar-refractivity contribution in [1.82, 2.24) is 9.78 Å². The van der Waals surface area contributed by atoms with E-state index in [2.05, 4.69) is 35.8 Å². The molecule has 0 aromatic carbocycles. The second kappa shape index (κ2) is 3.58. The fraction of sp³-hybridized carbons (Fsp3) is 0.545. The molecule has 1 aromatic rings. The highest BCUT2D eigenvalue weighted by Gasteiger charge is 2.17. The summed E-state index contributed by atoms with van der Waals surface area (Å²) >= 11 is 0. The first kappa shape index (κ1) is 9.46. The Morgan fingerprint density at radius 1 is 1.57 bits per heavy atom. The Morgan fingerprint density at radius 3 is 2.93 bits per heavy atom. The molecule has 0 amide bonds. The van der Waals surface area contributed by atoms with Gasteiger partial charge in [-0.15, -0.1) is 0 Å². The van der Waals surface area contributed by atoms with E-state index < -0.39 is 0 Å². The van der Waals surface area contributed by atoms with Gasteiger partial charge in [0.1, 0.15) is 0 Å². The number of allylic oxidation sites excluding steroid dienone is 1.